The van der Waals surface area contributed by atoms with Gasteiger partial charge in [-0.25, -0.2) is 0 Å². The standard InChI is InChI=1S/C20H27F6N3O2/c1-2-31-13-27-5-8-29-6-3-14(4-7-29)12-28-18(30)15-9-16(19(21,22)23)11-17(10-15)20(24,25)26/h9-11,14,27H,2-8,12-13H2,1H3,(H,28,30). The molecule has 0 unspecified atom stereocenters. The number of carbonyl (C=O) groups is 1. The van der Waals surface area contributed by atoms with Gasteiger partial charge in [0.15, 0.2) is 0 Å². The monoisotopic (exact) mass is 455 g/mol. The van der Waals surface area contributed by atoms with E-state index in [1.165, 1.54) is 0 Å². The van der Waals surface area contributed by atoms with Crippen LogP contribution in [0.3, 0.4) is 0 Å². The number of carbonyl (C=O) groups excluding carboxylic acids is 1. The van der Waals surface area contributed by atoms with Gasteiger partial charge in [0.1, 0.15) is 0 Å². The Morgan fingerprint density at radius 3 is 2.16 bits per heavy atom. The maximum absolute atomic E-state index is 12.9. The zero-order chi connectivity index (χ0) is 23.1. The van der Waals surface area contributed by atoms with Crippen molar-refractivity contribution in [1.82, 2.24) is 15.5 Å². The molecular formula is C20H27F6N3O2. The van der Waals surface area contributed by atoms with Gasteiger partial charge in [0.2, 0.25) is 0 Å². The molecule has 1 saturated heterocycles. The van der Waals surface area contributed by atoms with Gasteiger partial charge < -0.3 is 15.0 Å². The summed E-state index contributed by atoms with van der Waals surface area (Å²) in [6, 6.07) is 0.903. The van der Waals surface area contributed by atoms with E-state index < -0.39 is 35.0 Å². The van der Waals surface area contributed by atoms with Crippen molar-refractivity contribution in [2.75, 3.05) is 46.1 Å². The van der Waals surface area contributed by atoms with Crippen LogP contribution in [0.1, 0.15) is 41.3 Å². The molecule has 1 aliphatic rings. The summed E-state index contributed by atoms with van der Waals surface area (Å²) in [6.07, 6.45) is -8.41. The lowest BCUT2D eigenvalue weighted by molar-refractivity contribution is -0.143. The maximum atomic E-state index is 12.9. The molecule has 11 heteroatoms. The predicted molar refractivity (Wildman–Crippen MR) is 102 cm³/mol. The summed E-state index contributed by atoms with van der Waals surface area (Å²) in [5.74, 6) is -0.830. The highest BCUT2D eigenvalue weighted by Crippen LogP contribution is 2.36. The minimum Gasteiger partial charge on any atom is -0.367 e. The zero-order valence-electron chi connectivity index (χ0n) is 17.2. The number of piperidine rings is 1. The van der Waals surface area contributed by atoms with Crippen molar-refractivity contribution in [1.29, 1.82) is 0 Å². The molecule has 0 aliphatic carbocycles. The summed E-state index contributed by atoms with van der Waals surface area (Å²) >= 11 is 0. The number of amides is 1. The number of halogens is 6. The van der Waals surface area contributed by atoms with E-state index >= 15 is 0 Å². The van der Waals surface area contributed by atoms with E-state index in [-0.39, 0.29) is 18.5 Å². The molecule has 176 valence electrons. The van der Waals surface area contributed by atoms with Gasteiger partial charge in [-0.2, -0.15) is 26.3 Å². The second kappa shape index (κ2) is 11.1. The lowest BCUT2D eigenvalue weighted by Gasteiger charge is -2.32. The largest absolute Gasteiger partial charge is 0.416 e. The molecule has 2 N–H and O–H groups in total. The highest BCUT2D eigenvalue weighted by Gasteiger charge is 2.37. The molecule has 2 rings (SSSR count). The molecule has 1 aliphatic heterocycles. The molecule has 1 fully saturated rings. The fourth-order valence-corrected chi connectivity index (χ4v) is 3.32. The first-order valence-electron chi connectivity index (χ1n) is 10.1. The molecule has 1 aromatic rings. The van der Waals surface area contributed by atoms with Crippen molar-refractivity contribution >= 4 is 5.91 Å². The third-order valence-corrected chi connectivity index (χ3v) is 5.12. The Kier molecular flexibility index (Phi) is 9.14. The molecule has 0 bridgehead atoms. The van der Waals surface area contributed by atoms with Crippen LogP contribution in [0.15, 0.2) is 18.2 Å². The van der Waals surface area contributed by atoms with Crippen molar-refractivity contribution < 1.29 is 35.9 Å². The van der Waals surface area contributed by atoms with Crippen LogP contribution in [0.4, 0.5) is 26.3 Å². The Hall–Kier alpha value is -1.85. The quantitative estimate of drug-likeness (QED) is 0.338. The zero-order valence-corrected chi connectivity index (χ0v) is 17.2. The Bertz CT molecular complexity index is 684. The molecule has 31 heavy (non-hydrogen) atoms. The van der Waals surface area contributed by atoms with Gasteiger partial charge in [-0.3, -0.25) is 10.1 Å². The van der Waals surface area contributed by atoms with E-state index in [0.717, 1.165) is 39.0 Å². The molecule has 0 aromatic heterocycles. The van der Waals surface area contributed by atoms with E-state index in [9.17, 15) is 31.1 Å². The number of rotatable bonds is 9. The Labute approximate surface area is 177 Å². The highest BCUT2D eigenvalue weighted by atomic mass is 19.4. The molecule has 1 aromatic carbocycles. The average Bonchev–Trinajstić information content (AvgIpc) is 2.71. The van der Waals surface area contributed by atoms with Crippen LogP contribution in [0, 0.1) is 5.92 Å². The van der Waals surface area contributed by atoms with Gasteiger partial charge in [-0.15, -0.1) is 0 Å². The molecular weight excluding hydrogens is 428 g/mol. The van der Waals surface area contributed by atoms with Crippen molar-refractivity contribution in [2.24, 2.45) is 5.92 Å². The van der Waals surface area contributed by atoms with Crippen molar-refractivity contribution in [3.05, 3.63) is 34.9 Å². The summed E-state index contributed by atoms with van der Waals surface area (Å²) in [5.41, 5.74) is -3.66. The number of likely N-dealkylation sites (tertiary alicyclic amines) is 1. The van der Waals surface area contributed by atoms with Gasteiger partial charge in [0.25, 0.3) is 5.91 Å². The first kappa shape index (κ1) is 25.4. The molecule has 1 amide bonds. The summed E-state index contributed by atoms with van der Waals surface area (Å²) in [7, 11) is 0. The number of benzene rings is 1. The fourth-order valence-electron chi connectivity index (χ4n) is 3.32. The summed E-state index contributed by atoms with van der Waals surface area (Å²) in [6.45, 7) is 6.47. The Morgan fingerprint density at radius 1 is 1.06 bits per heavy atom. The minimum absolute atomic E-state index is 0.00966. The lowest BCUT2D eigenvalue weighted by Crippen LogP contribution is -2.41. The van der Waals surface area contributed by atoms with Gasteiger partial charge >= 0.3 is 12.4 Å². The van der Waals surface area contributed by atoms with Gasteiger partial charge in [-0.1, -0.05) is 0 Å². The first-order chi connectivity index (χ1) is 14.5. The van der Waals surface area contributed by atoms with Gasteiger partial charge in [0, 0.05) is 31.8 Å². The van der Waals surface area contributed by atoms with Crippen molar-refractivity contribution in [2.45, 2.75) is 32.1 Å². The van der Waals surface area contributed by atoms with E-state index in [1.54, 1.807) is 0 Å². The second-order valence-electron chi connectivity index (χ2n) is 7.43. The molecule has 0 radical (unpaired) electrons. The smallest absolute Gasteiger partial charge is 0.367 e. The Balaban J connectivity index is 1.86. The van der Waals surface area contributed by atoms with Crippen LogP contribution in [0.5, 0.6) is 0 Å². The topological polar surface area (TPSA) is 53.6 Å². The number of nitrogens with one attached hydrogen (secondary N) is 2. The van der Waals surface area contributed by atoms with Crippen LogP contribution < -0.4 is 10.6 Å². The van der Waals surface area contributed by atoms with Gasteiger partial charge in [0.05, 0.1) is 17.9 Å². The third-order valence-electron chi connectivity index (χ3n) is 5.12. The molecule has 0 atom stereocenters. The minimum atomic E-state index is -4.99. The number of nitrogens with zero attached hydrogens (tertiary/aromatic N) is 1. The molecule has 0 saturated carbocycles. The lowest BCUT2D eigenvalue weighted by atomic mass is 9.96. The van der Waals surface area contributed by atoms with Crippen LogP contribution in [-0.4, -0.2) is 56.9 Å². The Morgan fingerprint density at radius 2 is 1.65 bits per heavy atom. The normalized spacial score (nSPS) is 16.5. The highest BCUT2D eigenvalue weighted by molar-refractivity contribution is 5.94. The van der Waals surface area contributed by atoms with Crippen LogP contribution >= 0.6 is 0 Å². The number of hydrogen-bond donors (Lipinski definition) is 2. The maximum Gasteiger partial charge on any atom is 0.416 e. The number of alkyl halides is 6. The predicted octanol–water partition coefficient (Wildman–Crippen LogP) is 3.75. The second-order valence-corrected chi connectivity index (χ2v) is 7.43. The van der Waals surface area contributed by atoms with Crippen LogP contribution in [0.2, 0.25) is 0 Å². The third kappa shape index (κ3) is 8.30. The van der Waals surface area contributed by atoms with Crippen molar-refractivity contribution in [3.63, 3.8) is 0 Å². The van der Waals surface area contributed by atoms with E-state index in [1.807, 2.05) is 6.92 Å². The van der Waals surface area contributed by atoms with Crippen LogP contribution in [-0.2, 0) is 17.1 Å². The number of hydrogen-bond acceptors (Lipinski definition) is 4. The van der Waals surface area contributed by atoms with E-state index in [2.05, 4.69) is 15.5 Å². The average molecular weight is 455 g/mol. The molecule has 5 nitrogen and oxygen atoms in total. The van der Waals surface area contributed by atoms with Crippen molar-refractivity contribution in [3.8, 4) is 0 Å². The van der Waals surface area contributed by atoms with E-state index in [4.69, 9.17) is 4.74 Å². The van der Waals surface area contributed by atoms with Gasteiger partial charge in [-0.05, 0) is 57.0 Å². The summed E-state index contributed by atoms with van der Waals surface area (Å²) < 4.78 is 82.9. The first-order valence-corrected chi connectivity index (χ1v) is 10.1. The molecule has 0 spiro atoms. The van der Waals surface area contributed by atoms with Crippen LogP contribution in [0.25, 0.3) is 0 Å². The molecule has 1 heterocycles. The SMILES string of the molecule is CCOCNCCN1CCC(CNC(=O)c2cc(C(F)(F)F)cc(C(F)(F)F)c2)CC1. The number of ether oxygens (including phenoxy) is 1. The van der Waals surface area contributed by atoms with E-state index in [0.29, 0.717) is 25.5 Å². The summed E-state index contributed by atoms with van der Waals surface area (Å²) in [5, 5.41) is 5.64. The fraction of sp³-hybridized carbons (Fsp3) is 0.650. The summed E-state index contributed by atoms with van der Waals surface area (Å²) in [4.78, 5) is 14.5.